The molecule has 0 saturated carbocycles. The van der Waals surface area contributed by atoms with Gasteiger partial charge in [-0.2, -0.15) is 0 Å². The predicted molar refractivity (Wildman–Crippen MR) is 161 cm³/mol. The highest BCUT2D eigenvalue weighted by atomic mass is 14.4. The molecule has 0 bridgehead atoms. The first-order valence-corrected chi connectivity index (χ1v) is 16.6. The number of hydrogen-bond acceptors (Lipinski definition) is 0. The van der Waals surface area contributed by atoms with Gasteiger partial charge in [0, 0.05) is 0 Å². The molecule has 0 amide bonds. The molecule has 0 spiro atoms. The quantitative estimate of drug-likeness (QED) is 0.101. The van der Waals surface area contributed by atoms with Crippen LogP contribution in [-0.4, -0.2) is 0 Å². The van der Waals surface area contributed by atoms with E-state index in [9.17, 15) is 0 Å². The zero-order valence-electron chi connectivity index (χ0n) is 24.8. The summed E-state index contributed by atoms with van der Waals surface area (Å²) in [7, 11) is 0. The highest BCUT2D eigenvalue weighted by Crippen LogP contribution is 2.46. The van der Waals surface area contributed by atoms with Gasteiger partial charge in [0.05, 0.1) is 0 Å². The fourth-order valence-electron chi connectivity index (χ4n) is 6.31. The number of unbranched alkanes of at least 4 members (excludes halogenated alkanes) is 20. The van der Waals surface area contributed by atoms with Gasteiger partial charge in [0.15, 0.2) is 0 Å². The maximum absolute atomic E-state index is 2.52. The summed E-state index contributed by atoms with van der Waals surface area (Å²) in [4.78, 5) is 0. The van der Waals surface area contributed by atoms with E-state index < -0.39 is 0 Å². The van der Waals surface area contributed by atoms with E-state index in [4.69, 9.17) is 0 Å². The Morgan fingerprint density at radius 3 is 1.06 bits per heavy atom. The van der Waals surface area contributed by atoms with E-state index >= 15 is 0 Å². The summed E-state index contributed by atoms with van der Waals surface area (Å²) in [6.07, 6.45) is 46.1. The van der Waals surface area contributed by atoms with Crippen LogP contribution in [0.15, 0.2) is 23.8 Å². The van der Waals surface area contributed by atoms with E-state index in [0.29, 0.717) is 5.41 Å². The second-order valence-electron chi connectivity index (χ2n) is 11.9. The van der Waals surface area contributed by atoms with Crippen molar-refractivity contribution in [2.45, 2.75) is 194 Å². The van der Waals surface area contributed by atoms with Gasteiger partial charge in [-0.05, 0) is 31.1 Å². The van der Waals surface area contributed by atoms with Crippen LogP contribution in [0.4, 0.5) is 0 Å². The summed E-state index contributed by atoms with van der Waals surface area (Å²) in [6, 6.07) is 0. The van der Waals surface area contributed by atoms with E-state index in [1.807, 2.05) is 0 Å². The Hall–Kier alpha value is -0.520. The molecule has 0 radical (unpaired) electrons. The van der Waals surface area contributed by atoms with Gasteiger partial charge in [0.25, 0.3) is 0 Å². The number of hydrogen-bond donors (Lipinski definition) is 0. The topological polar surface area (TPSA) is 0 Å². The average Bonchev–Trinajstić information content (AvgIpc) is 3.42. The predicted octanol–water partition coefficient (Wildman–Crippen LogP) is 13.1. The molecular weight excluding hydrogens is 420 g/mol. The third kappa shape index (κ3) is 16.8. The van der Waals surface area contributed by atoms with Gasteiger partial charge < -0.3 is 0 Å². The van der Waals surface area contributed by atoms with Crippen molar-refractivity contribution in [2.75, 3.05) is 0 Å². The Morgan fingerprint density at radius 2 is 0.771 bits per heavy atom. The molecule has 1 rings (SSSR count). The summed E-state index contributed by atoms with van der Waals surface area (Å²) < 4.78 is 0. The van der Waals surface area contributed by atoms with E-state index in [1.165, 1.54) is 173 Å². The van der Waals surface area contributed by atoms with Crippen LogP contribution in [0.1, 0.15) is 194 Å². The molecule has 0 unspecified atom stereocenters. The summed E-state index contributed by atoms with van der Waals surface area (Å²) in [5, 5.41) is 0. The van der Waals surface area contributed by atoms with Gasteiger partial charge >= 0.3 is 0 Å². The van der Waals surface area contributed by atoms with E-state index in [1.54, 1.807) is 5.57 Å². The molecule has 0 N–H and O–H groups in total. The van der Waals surface area contributed by atoms with Crippen molar-refractivity contribution in [3.05, 3.63) is 23.8 Å². The highest BCUT2D eigenvalue weighted by Gasteiger charge is 2.32. The standard InChI is InChI=1S/C35H66/c1-4-7-10-13-16-19-22-27-32-35(34-29-24-25-30-34,31-26-21-18-15-12-9-6-3)33-28-23-20-17-14-11-8-5-2/h24-25,29H,4-23,26-28,30-33H2,1-3H3. The lowest BCUT2D eigenvalue weighted by Gasteiger charge is -2.37. The molecule has 1 aliphatic rings. The first-order chi connectivity index (χ1) is 17.3. The largest absolute Gasteiger partial charge is 0.0804 e. The molecule has 35 heavy (non-hydrogen) atoms. The van der Waals surface area contributed by atoms with Crippen molar-refractivity contribution in [3.8, 4) is 0 Å². The molecule has 0 aromatic carbocycles. The van der Waals surface area contributed by atoms with Crippen LogP contribution >= 0.6 is 0 Å². The molecule has 0 heterocycles. The first-order valence-electron chi connectivity index (χ1n) is 16.6. The molecular formula is C35H66. The van der Waals surface area contributed by atoms with E-state index in [-0.39, 0.29) is 0 Å². The van der Waals surface area contributed by atoms with Crippen LogP contribution in [0.5, 0.6) is 0 Å². The summed E-state index contributed by atoms with van der Waals surface area (Å²) in [6.45, 7) is 6.97. The van der Waals surface area contributed by atoms with Crippen LogP contribution < -0.4 is 0 Å². The smallest absolute Gasteiger partial charge is 0.00819 e. The van der Waals surface area contributed by atoms with Crippen molar-refractivity contribution < 1.29 is 0 Å². The summed E-state index contributed by atoms with van der Waals surface area (Å²) >= 11 is 0. The van der Waals surface area contributed by atoms with Crippen LogP contribution in [-0.2, 0) is 0 Å². The third-order valence-electron chi connectivity index (χ3n) is 8.73. The van der Waals surface area contributed by atoms with Crippen LogP contribution in [0.2, 0.25) is 0 Å². The SMILES string of the molecule is CCCCCCCCCCC(CCCCCCCCC)(CCCCCCCCCC)C1=CC=CC1. The molecule has 0 heteroatoms. The second kappa shape index (κ2) is 23.9. The number of rotatable bonds is 27. The van der Waals surface area contributed by atoms with Gasteiger partial charge in [0.2, 0.25) is 0 Å². The lowest BCUT2D eigenvalue weighted by atomic mass is 9.68. The molecule has 0 aliphatic heterocycles. The van der Waals surface area contributed by atoms with Crippen molar-refractivity contribution >= 4 is 0 Å². The fraction of sp³-hybridized carbons (Fsp3) is 0.886. The molecule has 1 aliphatic carbocycles. The highest BCUT2D eigenvalue weighted by molar-refractivity contribution is 5.29. The van der Waals surface area contributed by atoms with E-state index in [2.05, 4.69) is 39.0 Å². The Labute approximate surface area is 223 Å². The zero-order valence-corrected chi connectivity index (χ0v) is 24.8. The summed E-state index contributed by atoms with van der Waals surface area (Å²) in [5.74, 6) is 0. The van der Waals surface area contributed by atoms with Crippen molar-refractivity contribution in [1.82, 2.24) is 0 Å². The van der Waals surface area contributed by atoms with E-state index in [0.717, 1.165) is 0 Å². The summed E-state index contributed by atoms with van der Waals surface area (Å²) in [5.41, 5.74) is 2.31. The molecule has 206 valence electrons. The Morgan fingerprint density at radius 1 is 0.457 bits per heavy atom. The molecule has 0 aromatic rings. The minimum atomic E-state index is 0.511. The lowest BCUT2D eigenvalue weighted by Crippen LogP contribution is -2.23. The normalized spacial score (nSPS) is 13.6. The van der Waals surface area contributed by atoms with Gasteiger partial charge in [-0.15, -0.1) is 0 Å². The maximum Gasteiger partial charge on any atom is -0.00819 e. The first kappa shape index (κ1) is 32.5. The van der Waals surface area contributed by atoms with Gasteiger partial charge in [0.1, 0.15) is 0 Å². The fourth-order valence-corrected chi connectivity index (χ4v) is 6.31. The zero-order chi connectivity index (χ0) is 25.3. The molecule has 0 saturated heterocycles. The minimum absolute atomic E-state index is 0.511. The lowest BCUT2D eigenvalue weighted by molar-refractivity contribution is 0.242. The second-order valence-corrected chi connectivity index (χ2v) is 11.9. The van der Waals surface area contributed by atoms with Gasteiger partial charge in [-0.3, -0.25) is 0 Å². The third-order valence-corrected chi connectivity index (χ3v) is 8.73. The van der Waals surface area contributed by atoms with Gasteiger partial charge in [-0.25, -0.2) is 0 Å². The monoisotopic (exact) mass is 487 g/mol. The van der Waals surface area contributed by atoms with Crippen LogP contribution in [0.25, 0.3) is 0 Å². The van der Waals surface area contributed by atoms with Crippen molar-refractivity contribution in [2.24, 2.45) is 5.41 Å². The van der Waals surface area contributed by atoms with Gasteiger partial charge in [-0.1, -0.05) is 192 Å². The Kier molecular flexibility index (Phi) is 22.2. The van der Waals surface area contributed by atoms with Crippen molar-refractivity contribution in [1.29, 1.82) is 0 Å². The van der Waals surface area contributed by atoms with Crippen LogP contribution in [0.3, 0.4) is 0 Å². The minimum Gasteiger partial charge on any atom is -0.0804 e. The van der Waals surface area contributed by atoms with Crippen LogP contribution in [0, 0.1) is 5.41 Å². The molecule has 0 aromatic heterocycles. The molecule has 0 fully saturated rings. The molecule has 0 nitrogen and oxygen atoms in total. The average molecular weight is 487 g/mol. The number of allylic oxidation sites excluding steroid dienone is 4. The van der Waals surface area contributed by atoms with Crippen molar-refractivity contribution in [3.63, 3.8) is 0 Å². The molecule has 0 atom stereocenters. The Bertz CT molecular complexity index is 476. The Balaban J connectivity index is 2.53. The maximum atomic E-state index is 2.52.